The van der Waals surface area contributed by atoms with Gasteiger partial charge in [-0.15, -0.1) is 23.7 Å². The van der Waals surface area contributed by atoms with E-state index in [2.05, 4.69) is 41.3 Å². The monoisotopic (exact) mass is 747 g/mol. The van der Waals surface area contributed by atoms with E-state index in [1.165, 1.54) is 34.6 Å². The summed E-state index contributed by atoms with van der Waals surface area (Å²) in [6, 6.07) is 5.42. The third-order valence-corrected chi connectivity index (χ3v) is 8.87. The first-order chi connectivity index (χ1) is 24.2. The van der Waals surface area contributed by atoms with Crippen LogP contribution in [0.15, 0.2) is 48.4 Å². The van der Waals surface area contributed by atoms with Gasteiger partial charge in [0, 0.05) is 41.8 Å². The number of hydrogen-bond donors (Lipinski definition) is 5. The number of unbranched alkanes of at least 4 members (excludes halogenated alkanes) is 1. The topological polar surface area (TPSA) is 152 Å². The number of aromatic nitrogens is 6. The largest absolute Gasteiger partial charge is 0.435 e. The van der Waals surface area contributed by atoms with Crippen molar-refractivity contribution < 1.29 is 18.0 Å². The Morgan fingerprint density at radius 3 is 2.45 bits per heavy atom. The average molecular weight is 748 g/mol. The molecule has 0 bridgehead atoms. The molecule has 0 spiro atoms. The van der Waals surface area contributed by atoms with Gasteiger partial charge in [-0.25, -0.2) is 15.0 Å². The highest BCUT2D eigenvalue weighted by Crippen LogP contribution is 2.37. The molecule has 276 valence electrons. The van der Waals surface area contributed by atoms with Crippen LogP contribution in [0.3, 0.4) is 0 Å². The van der Waals surface area contributed by atoms with Crippen LogP contribution < -0.4 is 27.0 Å². The molecule has 4 aromatic heterocycles. The average Bonchev–Trinajstić information content (AvgIpc) is 3.83. The van der Waals surface area contributed by atoms with Gasteiger partial charge in [0.2, 0.25) is 0 Å². The van der Waals surface area contributed by atoms with Crippen molar-refractivity contribution in [2.45, 2.75) is 58.7 Å². The van der Waals surface area contributed by atoms with E-state index in [9.17, 15) is 18.0 Å². The number of fused-ring (bicyclic) bond motifs is 1. The van der Waals surface area contributed by atoms with Crippen LogP contribution in [0.5, 0.6) is 0 Å². The highest BCUT2D eigenvalue weighted by Gasteiger charge is 2.38. The minimum absolute atomic E-state index is 0. The number of rotatable bonds is 19. The number of nitrogens with zero attached hydrogens (tertiary/aromatic N) is 6. The van der Waals surface area contributed by atoms with Crippen LogP contribution in [0.4, 0.5) is 24.7 Å². The maximum absolute atomic E-state index is 14.1. The second kappa shape index (κ2) is 18.9. The first-order valence-corrected chi connectivity index (χ1v) is 17.7. The van der Waals surface area contributed by atoms with Crippen LogP contribution in [0.25, 0.3) is 16.9 Å². The van der Waals surface area contributed by atoms with Crippen LogP contribution >= 0.6 is 23.7 Å². The Morgan fingerprint density at radius 2 is 1.76 bits per heavy atom. The van der Waals surface area contributed by atoms with Gasteiger partial charge in [0.05, 0.1) is 34.7 Å². The van der Waals surface area contributed by atoms with Crippen molar-refractivity contribution in [3.05, 3.63) is 75.9 Å². The minimum atomic E-state index is -4.68. The van der Waals surface area contributed by atoms with Crippen molar-refractivity contribution in [1.29, 1.82) is 0 Å². The number of carbonyl (C=O) groups is 1. The smallest absolute Gasteiger partial charge is 0.352 e. The van der Waals surface area contributed by atoms with Crippen molar-refractivity contribution in [3.8, 4) is 11.3 Å². The SMILES string of the molecule is CCc1cc(Nc2nccn3c(-c4cn(Cc5csc(C)n5)nc4C(F)(F)F)cnc23)ccc1C(=O)NCCCNCCCCNCCCN.Cl. The number of anilines is 2. The predicted octanol–water partition coefficient (Wildman–Crippen LogP) is 5.58. The minimum Gasteiger partial charge on any atom is -0.352 e. The standard InChI is InChI=1S/C34H44F3N11OS.ClH/c1-3-24-18-25(8-9-27(24)33(49)42-15-7-14-40-12-5-4-11-39-13-6-10-38)45-31-32-43-19-29(48(32)17-16-41-31)28-21-47(46-30(28)34(35,36)37)20-26-22-50-23(2)44-26;/h8-9,16-19,21-22,39-40H,3-7,10-15,20,38H2,1-2H3,(H,41,45)(H,42,49);1H. The molecule has 6 N–H and O–H groups in total. The van der Waals surface area contributed by atoms with Crippen LogP contribution in [-0.4, -0.2) is 74.3 Å². The molecule has 0 aliphatic rings. The van der Waals surface area contributed by atoms with Crippen LogP contribution in [0, 0.1) is 6.92 Å². The number of thiazole rings is 1. The molecule has 0 atom stereocenters. The molecule has 5 aromatic rings. The number of carbonyl (C=O) groups excluding carboxylic acids is 1. The molecule has 0 saturated carbocycles. The van der Waals surface area contributed by atoms with Gasteiger partial charge >= 0.3 is 6.18 Å². The van der Waals surface area contributed by atoms with Gasteiger partial charge < -0.3 is 27.0 Å². The van der Waals surface area contributed by atoms with E-state index in [1.54, 1.807) is 28.1 Å². The first-order valence-electron chi connectivity index (χ1n) is 16.9. The molecule has 0 saturated heterocycles. The van der Waals surface area contributed by atoms with Crippen molar-refractivity contribution >= 4 is 46.8 Å². The second-order valence-electron chi connectivity index (χ2n) is 11.9. The first kappa shape index (κ1) is 39.7. The molecule has 0 radical (unpaired) electrons. The van der Waals surface area contributed by atoms with Gasteiger partial charge in [-0.3, -0.25) is 13.9 Å². The molecule has 5 rings (SSSR count). The molecule has 1 amide bonds. The van der Waals surface area contributed by atoms with Gasteiger partial charge in [-0.1, -0.05) is 6.92 Å². The zero-order chi connectivity index (χ0) is 35.5. The number of amides is 1. The van der Waals surface area contributed by atoms with Gasteiger partial charge in [-0.2, -0.15) is 18.3 Å². The molecule has 51 heavy (non-hydrogen) atoms. The summed E-state index contributed by atoms with van der Waals surface area (Å²) in [6.07, 6.45) is 5.77. The summed E-state index contributed by atoms with van der Waals surface area (Å²) in [5.74, 6) is 0.216. The van der Waals surface area contributed by atoms with E-state index < -0.39 is 11.9 Å². The summed E-state index contributed by atoms with van der Waals surface area (Å²) in [7, 11) is 0. The number of nitrogens with two attached hydrogens (primary N) is 1. The normalized spacial score (nSPS) is 11.6. The maximum atomic E-state index is 14.1. The quantitative estimate of drug-likeness (QED) is 0.0682. The van der Waals surface area contributed by atoms with Gasteiger partial charge in [-0.05, 0) is 95.5 Å². The summed E-state index contributed by atoms with van der Waals surface area (Å²) in [5, 5.41) is 19.5. The number of aryl methyl sites for hydroxylation is 2. The van der Waals surface area contributed by atoms with Crippen molar-refractivity contribution in [2.75, 3.05) is 44.6 Å². The number of nitrogens with one attached hydrogen (secondary N) is 4. The maximum Gasteiger partial charge on any atom is 0.435 e. The molecular weight excluding hydrogens is 703 g/mol. The van der Waals surface area contributed by atoms with Gasteiger partial charge in [0.1, 0.15) is 0 Å². The summed E-state index contributed by atoms with van der Waals surface area (Å²) in [4.78, 5) is 26.2. The fourth-order valence-corrected chi connectivity index (χ4v) is 6.17. The lowest BCUT2D eigenvalue weighted by molar-refractivity contribution is -0.141. The van der Waals surface area contributed by atoms with E-state index in [-0.39, 0.29) is 36.1 Å². The van der Waals surface area contributed by atoms with E-state index >= 15 is 0 Å². The fourth-order valence-electron chi connectivity index (χ4n) is 5.56. The molecule has 0 fully saturated rings. The second-order valence-corrected chi connectivity index (χ2v) is 12.9. The molecule has 1 aromatic carbocycles. The molecule has 4 heterocycles. The van der Waals surface area contributed by atoms with Gasteiger partial charge in [0.25, 0.3) is 5.91 Å². The van der Waals surface area contributed by atoms with E-state index in [1.807, 2.05) is 19.9 Å². The van der Waals surface area contributed by atoms with E-state index in [0.29, 0.717) is 47.9 Å². The molecule has 12 nitrogen and oxygen atoms in total. The Balaban J connectivity index is 0.00000583. The predicted molar refractivity (Wildman–Crippen MR) is 197 cm³/mol. The lowest BCUT2D eigenvalue weighted by Gasteiger charge is -2.13. The summed E-state index contributed by atoms with van der Waals surface area (Å²) in [5.41, 5.74) is 7.69. The number of halogens is 4. The summed E-state index contributed by atoms with van der Waals surface area (Å²) in [6.45, 7) is 8.92. The van der Waals surface area contributed by atoms with Crippen molar-refractivity contribution in [3.63, 3.8) is 0 Å². The lowest BCUT2D eigenvalue weighted by Crippen LogP contribution is -2.28. The van der Waals surface area contributed by atoms with Crippen LogP contribution in [0.1, 0.15) is 64.9 Å². The van der Waals surface area contributed by atoms with Crippen molar-refractivity contribution in [1.82, 2.24) is 45.1 Å². The Hall–Kier alpha value is -4.09. The summed E-state index contributed by atoms with van der Waals surface area (Å²) >= 11 is 1.43. The lowest BCUT2D eigenvalue weighted by atomic mass is 10.0. The number of hydrogen-bond acceptors (Lipinski definition) is 10. The van der Waals surface area contributed by atoms with Crippen LogP contribution in [-0.2, 0) is 19.1 Å². The molecule has 17 heteroatoms. The Bertz CT molecular complexity index is 1860. The third kappa shape index (κ3) is 10.7. The number of alkyl halides is 3. The zero-order valence-electron chi connectivity index (χ0n) is 28.7. The molecule has 0 aliphatic heterocycles. The van der Waals surface area contributed by atoms with E-state index in [4.69, 9.17) is 5.73 Å². The van der Waals surface area contributed by atoms with Crippen LogP contribution in [0.2, 0.25) is 0 Å². The fraction of sp³-hybridized carbons (Fsp3) is 0.441. The Kier molecular flexibility index (Phi) is 14.7. The third-order valence-electron chi connectivity index (χ3n) is 8.05. The molecular formula is C34H45ClF3N11OS. The number of benzene rings is 1. The molecule has 0 unspecified atom stereocenters. The van der Waals surface area contributed by atoms with Crippen molar-refractivity contribution in [2.24, 2.45) is 5.73 Å². The Morgan fingerprint density at radius 1 is 1.02 bits per heavy atom. The number of imidazole rings is 1. The zero-order valence-corrected chi connectivity index (χ0v) is 30.4. The Labute approximate surface area is 305 Å². The summed E-state index contributed by atoms with van der Waals surface area (Å²) < 4.78 is 45.2. The highest BCUT2D eigenvalue weighted by atomic mass is 35.5. The molecule has 0 aliphatic carbocycles. The van der Waals surface area contributed by atoms with E-state index in [0.717, 1.165) is 62.4 Å². The van der Waals surface area contributed by atoms with Gasteiger partial charge in [0.15, 0.2) is 17.2 Å². The highest BCUT2D eigenvalue weighted by molar-refractivity contribution is 7.09.